The van der Waals surface area contributed by atoms with Gasteiger partial charge in [0, 0.05) is 18.0 Å². The maximum absolute atomic E-state index is 12.2. The number of aryl methyl sites for hydroxylation is 1. The molecule has 0 aliphatic rings. The minimum atomic E-state index is -0.274. The van der Waals surface area contributed by atoms with Gasteiger partial charge in [0.2, 0.25) is 5.91 Å². The minimum Gasteiger partial charge on any atom is -0.349 e. The van der Waals surface area contributed by atoms with Crippen molar-refractivity contribution in [1.29, 1.82) is 0 Å². The zero-order valence-electron chi connectivity index (χ0n) is 14.1. The SMILES string of the molecule is Cc1cccc2sc(NC(=O)C[C@@H](C)NC(=O)c3ccccc3)nc12. The molecule has 0 radical (unpaired) electrons. The fraction of sp³-hybridized carbons (Fsp3) is 0.211. The lowest BCUT2D eigenvalue weighted by Crippen LogP contribution is -2.35. The minimum absolute atomic E-state index is 0.169. The summed E-state index contributed by atoms with van der Waals surface area (Å²) in [7, 11) is 0. The Kier molecular flexibility index (Phi) is 5.09. The summed E-state index contributed by atoms with van der Waals surface area (Å²) in [5.74, 6) is -0.353. The quantitative estimate of drug-likeness (QED) is 0.734. The lowest BCUT2D eigenvalue weighted by atomic mass is 10.1. The van der Waals surface area contributed by atoms with E-state index in [1.165, 1.54) is 11.3 Å². The second-order valence-electron chi connectivity index (χ2n) is 5.93. The van der Waals surface area contributed by atoms with Crippen LogP contribution in [0.3, 0.4) is 0 Å². The van der Waals surface area contributed by atoms with Gasteiger partial charge in [-0.15, -0.1) is 0 Å². The van der Waals surface area contributed by atoms with Gasteiger partial charge in [0.05, 0.1) is 10.2 Å². The Morgan fingerprint density at radius 1 is 1.12 bits per heavy atom. The molecule has 0 saturated heterocycles. The Bertz CT molecular complexity index is 905. The number of nitrogens with zero attached hydrogens (tertiary/aromatic N) is 1. The highest BCUT2D eigenvalue weighted by molar-refractivity contribution is 7.22. The largest absolute Gasteiger partial charge is 0.349 e. The second-order valence-corrected chi connectivity index (χ2v) is 6.96. The summed E-state index contributed by atoms with van der Waals surface area (Å²) >= 11 is 1.45. The first-order valence-electron chi connectivity index (χ1n) is 8.05. The van der Waals surface area contributed by atoms with Crippen molar-refractivity contribution in [2.45, 2.75) is 26.3 Å². The van der Waals surface area contributed by atoms with Gasteiger partial charge in [0.25, 0.3) is 5.91 Å². The maximum Gasteiger partial charge on any atom is 0.251 e. The van der Waals surface area contributed by atoms with Crippen LogP contribution in [-0.4, -0.2) is 22.8 Å². The molecule has 128 valence electrons. The van der Waals surface area contributed by atoms with Crippen molar-refractivity contribution in [3.63, 3.8) is 0 Å². The van der Waals surface area contributed by atoms with Gasteiger partial charge in [-0.25, -0.2) is 4.98 Å². The van der Waals surface area contributed by atoms with Crippen molar-refractivity contribution >= 4 is 38.5 Å². The normalized spacial score (nSPS) is 11.9. The zero-order valence-corrected chi connectivity index (χ0v) is 14.9. The molecule has 1 aromatic heterocycles. The summed E-state index contributed by atoms with van der Waals surface area (Å²) in [6, 6.07) is 14.6. The molecular formula is C19H19N3O2S. The summed E-state index contributed by atoms with van der Waals surface area (Å²) in [5, 5.41) is 6.23. The number of aromatic nitrogens is 1. The number of benzene rings is 2. The molecular weight excluding hydrogens is 334 g/mol. The van der Waals surface area contributed by atoms with E-state index in [9.17, 15) is 9.59 Å². The third-order valence-electron chi connectivity index (χ3n) is 3.77. The van der Waals surface area contributed by atoms with Crippen LogP contribution in [0.25, 0.3) is 10.2 Å². The molecule has 0 saturated carbocycles. The third kappa shape index (κ3) is 4.22. The molecule has 3 aromatic rings. The predicted molar refractivity (Wildman–Crippen MR) is 101 cm³/mol. The number of fused-ring (bicyclic) bond motifs is 1. The Morgan fingerprint density at radius 2 is 1.88 bits per heavy atom. The van der Waals surface area contributed by atoms with Crippen LogP contribution in [0.1, 0.15) is 29.3 Å². The van der Waals surface area contributed by atoms with Gasteiger partial charge >= 0.3 is 0 Å². The smallest absolute Gasteiger partial charge is 0.251 e. The van der Waals surface area contributed by atoms with Gasteiger partial charge in [-0.05, 0) is 37.6 Å². The van der Waals surface area contributed by atoms with Crippen molar-refractivity contribution in [3.05, 3.63) is 59.7 Å². The number of rotatable bonds is 5. The second kappa shape index (κ2) is 7.44. The number of carbonyl (C=O) groups is 2. The number of hydrogen-bond acceptors (Lipinski definition) is 4. The highest BCUT2D eigenvalue weighted by atomic mass is 32.1. The number of nitrogens with one attached hydrogen (secondary N) is 2. The van der Waals surface area contributed by atoms with Crippen molar-refractivity contribution in [3.8, 4) is 0 Å². The number of hydrogen-bond donors (Lipinski definition) is 2. The summed E-state index contributed by atoms with van der Waals surface area (Å²) < 4.78 is 1.04. The van der Waals surface area contributed by atoms with E-state index in [4.69, 9.17) is 0 Å². The Balaban J connectivity index is 1.58. The molecule has 2 N–H and O–H groups in total. The molecule has 0 aliphatic heterocycles. The average molecular weight is 353 g/mol. The molecule has 0 bridgehead atoms. The zero-order chi connectivity index (χ0) is 17.8. The Labute approximate surface area is 150 Å². The number of para-hydroxylation sites is 1. The van der Waals surface area contributed by atoms with E-state index < -0.39 is 0 Å². The molecule has 0 spiro atoms. The van der Waals surface area contributed by atoms with Gasteiger partial charge in [-0.1, -0.05) is 41.7 Å². The van der Waals surface area contributed by atoms with E-state index in [1.807, 2.05) is 38.1 Å². The van der Waals surface area contributed by atoms with Crippen LogP contribution >= 0.6 is 11.3 Å². The van der Waals surface area contributed by atoms with Crippen LogP contribution in [0.5, 0.6) is 0 Å². The fourth-order valence-corrected chi connectivity index (χ4v) is 3.50. The highest BCUT2D eigenvalue weighted by Crippen LogP contribution is 2.27. The van der Waals surface area contributed by atoms with E-state index in [1.54, 1.807) is 24.3 Å². The summed E-state index contributed by atoms with van der Waals surface area (Å²) in [4.78, 5) is 28.8. The van der Waals surface area contributed by atoms with E-state index in [0.717, 1.165) is 15.8 Å². The number of anilines is 1. The molecule has 3 rings (SSSR count). The van der Waals surface area contributed by atoms with Gasteiger partial charge in [0.1, 0.15) is 0 Å². The van der Waals surface area contributed by atoms with E-state index >= 15 is 0 Å². The third-order valence-corrected chi connectivity index (χ3v) is 4.71. The maximum atomic E-state index is 12.2. The molecule has 1 atom stereocenters. The van der Waals surface area contributed by atoms with Gasteiger partial charge < -0.3 is 10.6 Å². The molecule has 0 aliphatic carbocycles. The molecule has 2 aromatic carbocycles. The van der Waals surface area contributed by atoms with Gasteiger partial charge in [-0.2, -0.15) is 0 Å². The van der Waals surface area contributed by atoms with Crippen LogP contribution in [0.2, 0.25) is 0 Å². The highest BCUT2D eigenvalue weighted by Gasteiger charge is 2.15. The summed E-state index contributed by atoms with van der Waals surface area (Å²) in [5.41, 5.74) is 2.57. The first-order chi connectivity index (χ1) is 12.0. The van der Waals surface area contributed by atoms with Gasteiger partial charge in [0.15, 0.2) is 5.13 Å². The lowest BCUT2D eigenvalue weighted by Gasteiger charge is -2.13. The number of thiazole rings is 1. The standard InChI is InChI=1S/C19H19N3O2S/c1-12-7-6-10-15-17(12)22-19(25-15)21-16(23)11-13(2)20-18(24)14-8-4-3-5-9-14/h3-10,13H,11H2,1-2H3,(H,20,24)(H,21,22,23)/t13-/m1/s1. The van der Waals surface area contributed by atoms with Crippen molar-refractivity contribution in [2.75, 3.05) is 5.32 Å². The van der Waals surface area contributed by atoms with E-state index in [2.05, 4.69) is 15.6 Å². The van der Waals surface area contributed by atoms with Crippen molar-refractivity contribution in [1.82, 2.24) is 10.3 Å². The Hall–Kier alpha value is -2.73. The molecule has 2 amide bonds. The van der Waals surface area contributed by atoms with Crippen molar-refractivity contribution < 1.29 is 9.59 Å². The molecule has 6 heteroatoms. The molecule has 0 fully saturated rings. The number of carbonyl (C=O) groups excluding carboxylic acids is 2. The van der Waals surface area contributed by atoms with Crippen LogP contribution in [0, 0.1) is 6.92 Å². The molecule has 1 heterocycles. The van der Waals surface area contributed by atoms with Crippen LogP contribution < -0.4 is 10.6 Å². The lowest BCUT2D eigenvalue weighted by molar-refractivity contribution is -0.116. The van der Waals surface area contributed by atoms with Crippen LogP contribution in [0.15, 0.2) is 48.5 Å². The summed E-state index contributed by atoms with van der Waals surface area (Å²) in [6.07, 6.45) is 0.188. The topological polar surface area (TPSA) is 71.1 Å². The first kappa shape index (κ1) is 17.1. The molecule has 0 unspecified atom stereocenters. The molecule has 5 nitrogen and oxygen atoms in total. The first-order valence-corrected chi connectivity index (χ1v) is 8.86. The van der Waals surface area contributed by atoms with Crippen LogP contribution in [-0.2, 0) is 4.79 Å². The van der Waals surface area contributed by atoms with Crippen LogP contribution in [0.4, 0.5) is 5.13 Å². The van der Waals surface area contributed by atoms with Gasteiger partial charge in [-0.3, -0.25) is 9.59 Å². The average Bonchev–Trinajstić information content (AvgIpc) is 2.99. The monoisotopic (exact) mass is 353 g/mol. The Morgan fingerprint density at radius 3 is 2.60 bits per heavy atom. The van der Waals surface area contributed by atoms with E-state index in [-0.39, 0.29) is 24.3 Å². The fourth-order valence-electron chi connectivity index (χ4n) is 2.54. The summed E-state index contributed by atoms with van der Waals surface area (Å²) in [6.45, 7) is 3.80. The molecule has 25 heavy (non-hydrogen) atoms. The van der Waals surface area contributed by atoms with E-state index in [0.29, 0.717) is 10.7 Å². The number of amides is 2. The predicted octanol–water partition coefficient (Wildman–Crippen LogP) is 3.75. The van der Waals surface area contributed by atoms with Crippen molar-refractivity contribution in [2.24, 2.45) is 0 Å².